The molecule has 0 saturated carbocycles. The van der Waals surface area contributed by atoms with Gasteiger partial charge in [-0.3, -0.25) is 4.79 Å². The van der Waals surface area contributed by atoms with Crippen LogP contribution in [0.5, 0.6) is 5.75 Å². The molecule has 0 N–H and O–H groups in total. The molecule has 2 atom stereocenters. The van der Waals surface area contributed by atoms with E-state index >= 15 is 0 Å². The van der Waals surface area contributed by atoms with Gasteiger partial charge in [0.2, 0.25) is 5.91 Å². The molecule has 1 amide bonds. The Hall–Kier alpha value is -2.17. The van der Waals surface area contributed by atoms with E-state index in [1.54, 1.807) is 30.2 Å². The Morgan fingerprint density at radius 1 is 1.29 bits per heavy atom. The SMILES string of the molecule is CC1=C(C(=O)OCc2ccccc2OCCI)C(c2ccc(Cl)nc2)CC(=O)N1CC1CCCO1. The lowest BCUT2D eigenvalue weighted by atomic mass is 9.84. The normalized spacial score (nSPS) is 20.3. The summed E-state index contributed by atoms with van der Waals surface area (Å²) in [5.74, 6) is -0.283. The van der Waals surface area contributed by atoms with Gasteiger partial charge >= 0.3 is 5.97 Å². The predicted molar refractivity (Wildman–Crippen MR) is 141 cm³/mol. The number of alkyl halides is 1. The Morgan fingerprint density at radius 2 is 2.11 bits per heavy atom. The van der Waals surface area contributed by atoms with Crippen molar-refractivity contribution in [1.82, 2.24) is 9.88 Å². The van der Waals surface area contributed by atoms with E-state index < -0.39 is 11.9 Å². The van der Waals surface area contributed by atoms with Crippen LogP contribution >= 0.6 is 34.2 Å². The van der Waals surface area contributed by atoms with E-state index in [4.69, 9.17) is 25.8 Å². The Labute approximate surface area is 223 Å². The van der Waals surface area contributed by atoms with E-state index in [0.717, 1.165) is 28.4 Å². The molecule has 1 aromatic carbocycles. The molecule has 0 radical (unpaired) electrons. The summed E-state index contributed by atoms with van der Waals surface area (Å²) in [5.41, 5.74) is 2.59. The van der Waals surface area contributed by atoms with Crippen LogP contribution in [0.1, 0.15) is 43.2 Å². The third kappa shape index (κ3) is 6.34. The smallest absolute Gasteiger partial charge is 0.336 e. The second kappa shape index (κ2) is 12.2. The first-order chi connectivity index (χ1) is 17.0. The van der Waals surface area contributed by atoms with Crippen molar-refractivity contribution >= 4 is 46.1 Å². The second-order valence-corrected chi connectivity index (χ2v) is 10.00. The molecular weight excluding hydrogens is 583 g/mol. The molecule has 1 fully saturated rings. The Kier molecular flexibility index (Phi) is 9.02. The first-order valence-corrected chi connectivity index (χ1v) is 13.6. The van der Waals surface area contributed by atoms with Gasteiger partial charge < -0.3 is 19.1 Å². The van der Waals surface area contributed by atoms with Crippen LogP contribution in [-0.4, -0.2) is 52.1 Å². The number of ether oxygens (including phenoxy) is 3. The molecule has 1 saturated heterocycles. The van der Waals surface area contributed by atoms with Gasteiger partial charge in [-0.05, 0) is 37.5 Å². The molecule has 2 aromatic rings. The van der Waals surface area contributed by atoms with Crippen LogP contribution in [0.15, 0.2) is 53.9 Å². The highest BCUT2D eigenvalue weighted by molar-refractivity contribution is 14.1. The molecule has 0 bridgehead atoms. The number of rotatable bonds is 9. The number of hydrogen-bond acceptors (Lipinski definition) is 6. The number of benzene rings is 1. The summed E-state index contributed by atoms with van der Waals surface area (Å²) in [6.45, 7) is 3.57. The maximum atomic E-state index is 13.5. The standard InChI is InChI=1S/C26H28ClIN2O5/c1-17-25(26(32)35-16-19-5-2-3-7-22(19)34-12-10-28)21(18-8-9-23(27)29-14-18)13-24(31)30(17)15-20-6-4-11-33-20/h2-3,5,7-9,14,20-21H,4,6,10-13,15-16H2,1H3. The van der Waals surface area contributed by atoms with Crippen LogP contribution in [0.2, 0.25) is 5.15 Å². The number of allylic oxidation sites excluding steroid dienone is 1. The van der Waals surface area contributed by atoms with Gasteiger partial charge in [0, 0.05) is 40.8 Å². The van der Waals surface area contributed by atoms with Crippen LogP contribution in [0.4, 0.5) is 0 Å². The number of para-hydroxylation sites is 1. The fourth-order valence-electron chi connectivity index (χ4n) is 4.50. The average Bonchev–Trinajstić information content (AvgIpc) is 3.38. The number of halogens is 2. The topological polar surface area (TPSA) is 78.0 Å². The molecule has 2 unspecified atom stereocenters. The van der Waals surface area contributed by atoms with E-state index in [-0.39, 0.29) is 25.0 Å². The Bertz CT molecular complexity index is 1090. The molecule has 4 rings (SSSR count). The summed E-state index contributed by atoms with van der Waals surface area (Å²) in [6.07, 6.45) is 3.61. The van der Waals surface area contributed by atoms with E-state index in [0.29, 0.717) is 41.9 Å². The van der Waals surface area contributed by atoms with Crippen LogP contribution in [0.3, 0.4) is 0 Å². The zero-order valence-corrected chi connectivity index (χ0v) is 22.5. The van der Waals surface area contributed by atoms with E-state index in [9.17, 15) is 9.59 Å². The molecule has 2 aliphatic heterocycles. The fraction of sp³-hybridized carbons (Fsp3) is 0.423. The number of esters is 1. The molecule has 35 heavy (non-hydrogen) atoms. The summed E-state index contributed by atoms with van der Waals surface area (Å²) in [4.78, 5) is 32.5. The molecule has 0 aliphatic carbocycles. The van der Waals surface area contributed by atoms with Crippen molar-refractivity contribution in [3.8, 4) is 5.75 Å². The van der Waals surface area contributed by atoms with Crippen molar-refractivity contribution < 1.29 is 23.8 Å². The summed E-state index contributed by atoms with van der Waals surface area (Å²) in [6, 6.07) is 11.0. The van der Waals surface area contributed by atoms with Gasteiger partial charge in [-0.1, -0.05) is 58.5 Å². The minimum absolute atomic E-state index is 0.0261. The number of aromatic nitrogens is 1. The number of carbonyl (C=O) groups is 2. The van der Waals surface area contributed by atoms with E-state index in [1.807, 2.05) is 24.3 Å². The maximum absolute atomic E-state index is 13.5. The molecule has 2 aliphatic rings. The highest BCUT2D eigenvalue weighted by atomic mass is 127. The van der Waals surface area contributed by atoms with Crippen molar-refractivity contribution in [2.75, 3.05) is 24.2 Å². The van der Waals surface area contributed by atoms with Crippen LogP contribution in [-0.2, 0) is 25.7 Å². The molecule has 3 heterocycles. The van der Waals surface area contributed by atoms with Crippen LogP contribution in [0.25, 0.3) is 0 Å². The van der Waals surface area contributed by atoms with Gasteiger partial charge in [0.25, 0.3) is 0 Å². The molecule has 186 valence electrons. The van der Waals surface area contributed by atoms with Crippen molar-refractivity contribution in [1.29, 1.82) is 0 Å². The van der Waals surface area contributed by atoms with Gasteiger partial charge in [-0.15, -0.1) is 0 Å². The lowest BCUT2D eigenvalue weighted by molar-refractivity contribution is -0.141. The number of nitrogens with zero attached hydrogens (tertiary/aromatic N) is 2. The highest BCUT2D eigenvalue weighted by Gasteiger charge is 2.38. The summed E-state index contributed by atoms with van der Waals surface area (Å²) < 4.78 is 18.2. The number of pyridine rings is 1. The first-order valence-electron chi connectivity index (χ1n) is 11.7. The van der Waals surface area contributed by atoms with Crippen molar-refractivity contribution in [3.05, 3.63) is 70.1 Å². The second-order valence-electron chi connectivity index (χ2n) is 8.53. The summed E-state index contributed by atoms with van der Waals surface area (Å²) >= 11 is 8.23. The minimum atomic E-state index is -0.467. The van der Waals surface area contributed by atoms with Crippen LogP contribution in [0, 0.1) is 0 Å². The van der Waals surface area contributed by atoms with Crippen molar-refractivity contribution in [2.24, 2.45) is 0 Å². The van der Waals surface area contributed by atoms with Gasteiger partial charge in [0.1, 0.15) is 17.5 Å². The molecule has 0 spiro atoms. The quantitative estimate of drug-likeness (QED) is 0.171. The van der Waals surface area contributed by atoms with Crippen molar-refractivity contribution in [3.63, 3.8) is 0 Å². The van der Waals surface area contributed by atoms with E-state index in [2.05, 4.69) is 27.6 Å². The molecule has 7 nitrogen and oxygen atoms in total. The molecular formula is C26H28ClIN2O5. The lowest BCUT2D eigenvalue weighted by Crippen LogP contribution is -2.42. The maximum Gasteiger partial charge on any atom is 0.336 e. The summed E-state index contributed by atoms with van der Waals surface area (Å²) in [7, 11) is 0. The monoisotopic (exact) mass is 610 g/mol. The average molecular weight is 611 g/mol. The minimum Gasteiger partial charge on any atom is -0.492 e. The third-order valence-electron chi connectivity index (χ3n) is 6.27. The molecule has 1 aromatic heterocycles. The number of amides is 1. The Morgan fingerprint density at radius 3 is 2.83 bits per heavy atom. The lowest BCUT2D eigenvalue weighted by Gasteiger charge is -2.35. The Balaban J connectivity index is 1.61. The summed E-state index contributed by atoms with van der Waals surface area (Å²) in [5, 5.41) is 0.351. The van der Waals surface area contributed by atoms with E-state index in [1.165, 1.54) is 0 Å². The fourth-order valence-corrected chi connectivity index (χ4v) is 4.84. The van der Waals surface area contributed by atoms with Gasteiger partial charge in [-0.25, -0.2) is 9.78 Å². The van der Waals surface area contributed by atoms with Gasteiger partial charge in [0.05, 0.1) is 24.8 Å². The van der Waals surface area contributed by atoms with Crippen LogP contribution < -0.4 is 4.74 Å². The predicted octanol–water partition coefficient (Wildman–Crippen LogP) is 5.06. The zero-order chi connectivity index (χ0) is 24.8. The third-order valence-corrected chi connectivity index (χ3v) is 6.94. The zero-order valence-electron chi connectivity index (χ0n) is 19.5. The highest BCUT2D eigenvalue weighted by Crippen LogP contribution is 2.38. The first kappa shape index (κ1) is 25.9. The molecule has 9 heteroatoms. The number of carbonyl (C=O) groups excluding carboxylic acids is 2. The largest absolute Gasteiger partial charge is 0.492 e. The number of hydrogen-bond donors (Lipinski definition) is 0. The van der Waals surface area contributed by atoms with Crippen molar-refractivity contribution in [2.45, 2.75) is 44.8 Å². The van der Waals surface area contributed by atoms with Gasteiger partial charge in [0.15, 0.2) is 0 Å². The van der Waals surface area contributed by atoms with Gasteiger partial charge in [-0.2, -0.15) is 0 Å².